The number of likely N-dealkylation sites (tertiary alicyclic amines) is 1. The van der Waals surface area contributed by atoms with Gasteiger partial charge in [0.15, 0.2) is 5.82 Å². The predicted molar refractivity (Wildman–Crippen MR) is 103 cm³/mol. The first kappa shape index (κ1) is 18.2. The first-order valence-corrected chi connectivity index (χ1v) is 9.73. The Bertz CT molecular complexity index is 810. The third-order valence-electron chi connectivity index (χ3n) is 5.87. The Hall–Kier alpha value is -2.18. The highest BCUT2D eigenvalue weighted by atomic mass is 16.5. The van der Waals surface area contributed by atoms with Crippen LogP contribution in [0.5, 0.6) is 0 Å². The normalized spacial score (nSPS) is 21.3. The number of nitrogens with one attached hydrogen (secondary N) is 1. The Morgan fingerprint density at radius 3 is 3.00 bits per heavy atom. The molecule has 2 saturated heterocycles. The maximum Gasteiger partial charge on any atom is 0.287 e. The van der Waals surface area contributed by atoms with Gasteiger partial charge in [0.2, 0.25) is 0 Å². The number of carbonyl (C=O) groups excluding carboxylic acids is 1. The van der Waals surface area contributed by atoms with Gasteiger partial charge < -0.3 is 14.6 Å². The van der Waals surface area contributed by atoms with E-state index in [2.05, 4.69) is 46.4 Å². The molecular weight excluding hydrogens is 340 g/mol. The third kappa shape index (κ3) is 3.77. The molecule has 6 heteroatoms. The fourth-order valence-corrected chi connectivity index (χ4v) is 4.46. The molecule has 1 spiro atoms. The van der Waals surface area contributed by atoms with Crippen LogP contribution in [0, 0.1) is 12.8 Å². The van der Waals surface area contributed by atoms with E-state index in [0.29, 0.717) is 18.3 Å². The largest absolute Gasteiger partial charge is 0.372 e. The van der Waals surface area contributed by atoms with Crippen LogP contribution in [0.2, 0.25) is 0 Å². The number of carbonyl (C=O) groups is 1. The van der Waals surface area contributed by atoms with Crippen molar-refractivity contribution < 1.29 is 9.53 Å². The quantitative estimate of drug-likeness (QED) is 0.849. The molecule has 1 atom stereocenters. The van der Waals surface area contributed by atoms with Crippen molar-refractivity contribution in [2.45, 2.75) is 31.9 Å². The molecule has 3 heterocycles. The number of aromatic nitrogens is 2. The van der Waals surface area contributed by atoms with Crippen molar-refractivity contribution in [1.82, 2.24) is 19.8 Å². The Labute approximate surface area is 160 Å². The minimum absolute atomic E-state index is 0.0161. The van der Waals surface area contributed by atoms with Gasteiger partial charge in [0.1, 0.15) is 0 Å². The highest BCUT2D eigenvalue weighted by Crippen LogP contribution is 2.42. The Morgan fingerprint density at radius 2 is 2.26 bits per heavy atom. The number of imidazole rings is 1. The summed E-state index contributed by atoms with van der Waals surface area (Å²) in [6, 6.07) is 8.71. The van der Waals surface area contributed by atoms with E-state index in [4.69, 9.17) is 4.74 Å². The van der Waals surface area contributed by atoms with Gasteiger partial charge in [-0.2, -0.15) is 0 Å². The number of nitrogens with zero attached hydrogens (tertiary/aromatic N) is 3. The zero-order valence-electron chi connectivity index (χ0n) is 16.1. The standard InChI is InChI=1S/C21H28N4O2/c1-16-4-3-5-17(12-16)13-25-14-21(15-25)18(7-11-27-21)6-8-23-20(26)19-22-9-10-24(19)2/h3-5,9-10,12,18H,6-8,11,13-15H2,1-2H3,(H,23,26). The summed E-state index contributed by atoms with van der Waals surface area (Å²) in [5, 5.41) is 3.00. The van der Waals surface area contributed by atoms with Crippen LogP contribution >= 0.6 is 0 Å². The lowest BCUT2D eigenvalue weighted by Gasteiger charge is -2.50. The van der Waals surface area contributed by atoms with E-state index in [1.165, 1.54) is 11.1 Å². The number of amides is 1. The fraction of sp³-hybridized carbons (Fsp3) is 0.524. The van der Waals surface area contributed by atoms with Crippen LogP contribution < -0.4 is 5.32 Å². The van der Waals surface area contributed by atoms with Gasteiger partial charge in [0.25, 0.3) is 5.91 Å². The van der Waals surface area contributed by atoms with Crippen LogP contribution in [0.25, 0.3) is 0 Å². The van der Waals surface area contributed by atoms with Gasteiger partial charge in [-0.05, 0) is 31.2 Å². The molecule has 2 aliphatic heterocycles. The average molecular weight is 368 g/mol. The summed E-state index contributed by atoms with van der Waals surface area (Å²) >= 11 is 0. The topological polar surface area (TPSA) is 59.4 Å². The number of ether oxygens (including phenoxy) is 1. The van der Waals surface area contributed by atoms with Crippen molar-refractivity contribution in [3.63, 3.8) is 0 Å². The lowest BCUT2D eigenvalue weighted by Crippen LogP contribution is -2.64. The van der Waals surface area contributed by atoms with Crippen LogP contribution in [0.1, 0.15) is 34.6 Å². The van der Waals surface area contributed by atoms with E-state index in [1.54, 1.807) is 17.0 Å². The number of aryl methyl sites for hydroxylation is 2. The van der Waals surface area contributed by atoms with Crippen LogP contribution in [-0.4, -0.2) is 52.2 Å². The van der Waals surface area contributed by atoms with Gasteiger partial charge in [0.05, 0.1) is 5.60 Å². The van der Waals surface area contributed by atoms with Crippen molar-refractivity contribution in [2.75, 3.05) is 26.2 Å². The van der Waals surface area contributed by atoms with Gasteiger partial charge in [-0.3, -0.25) is 9.69 Å². The second kappa shape index (κ2) is 7.44. The monoisotopic (exact) mass is 368 g/mol. The highest BCUT2D eigenvalue weighted by Gasteiger charge is 2.52. The highest BCUT2D eigenvalue weighted by molar-refractivity contribution is 5.90. The molecule has 0 radical (unpaired) electrons. The zero-order valence-corrected chi connectivity index (χ0v) is 16.1. The Balaban J connectivity index is 1.26. The van der Waals surface area contributed by atoms with Crippen LogP contribution in [-0.2, 0) is 18.3 Å². The molecule has 144 valence electrons. The summed E-state index contributed by atoms with van der Waals surface area (Å²) in [6.45, 7) is 6.58. The van der Waals surface area contributed by atoms with Crippen LogP contribution in [0.15, 0.2) is 36.7 Å². The number of rotatable bonds is 6. The molecular formula is C21H28N4O2. The molecule has 6 nitrogen and oxygen atoms in total. The molecule has 2 aliphatic rings. The van der Waals surface area contributed by atoms with E-state index in [0.717, 1.165) is 39.1 Å². The smallest absolute Gasteiger partial charge is 0.287 e. The summed E-state index contributed by atoms with van der Waals surface area (Å²) in [5.74, 6) is 0.860. The molecule has 0 saturated carbocycles. The molecule has 0 aliphatic carbocycles. The van der Waals surface area contributed by atoms with Gasteiger partial charge in [-0.25, -0.2) is 4.98 Å². The summed E-state index contributed by atoms with van der Waals surface area (Å²) in [6.07, 6.45) is 5.46. The molecule has 0 bridgehead atoms. The minimum Gasteiger partial charge on any atom is -0.372 e. The van der Waals surface area contributed by atoms with Crippen molar-refractivity contribution in [3.8, 4) is 0 Å². The summed E-state index contributed by atoms with van der Waals surface area (Å²) in [7, 11) is 1.83. The van der Waals surface area contributed by atoms with E-state index < -0.39 is 0 Å². The van der Waals surface area contributed by atoms with E-state index >= 15 is 0 Å². The van der Waals surface area contributed by atoms with Crippen molar-refractivity contribution in [3.05, 3.63) is 53.6 Å². The molecule has 1 amide bonds. The summed E-state index contributed by atoms with van der Waals surface area (Å²) in [4.78, 5) is 18.7. The number of hydrogen-bond donors (Lipinski definition) is 1. The zero-order chi connectivity index (χ0) is 18.9. The summed E-state index contributed by atoms with van der Waals surface area (Å²) in [5.41, 5.74) is 2.65. The molecule has 1 aromatic heterocycles. The summed E-state index contributed by atoms with van der Waals surface area (Å²) < 4.78 is 7.90. The first-order chi connectivity index (χ1) is 13.1. The second-order valence-electron chi connectivity index (χ2n) is 7.94. The Morgan fingerprint density at radius 1 is 1.41 bits per heavy atom. The van der Waals surface area contributed by atoms with Crippen molar-refractivity contribution >= 4 is 5.91 Å². The molecule has 2 aromatic rings. The first-order valence-electron chi connectivity index (χ1n) is 9.73. The third-order valence-corrected chi connectivity index (χ3v) is 5.87. The van der Waals surface area contributed by atoms with Gasteiger partial charge in [-0.1, -0.05) is 29.8 Å². The molecule has 1 N–H and O–H groups in total. The maximum absolute atomic E-state index is 12.2. The van der Waals surface area contributed by atoms with Crippen LogP contribution in [0.4, 0.5) is 0 Å². The lowest BCUT2D eigenvalue weighted by atomic mass is 9.78. The van der Waals surface area contributed by atoms with Crippen molar-refractivity contribution in [1.29, 1.82) is 0 Å². The van der Waals surface area contributed by atoms with Gasteiger partial charge in [-0.15, -0.1) is 0 Å². The van der Waals surface area contributed by atoms with Crippen molar-refractivity contribution in [2.24, 2.45) is 13.0 Å². The molecule has 1 aromatic carbocycles. The van der Waals surface area contributed by atoms with E-state index in [9.17, 15) is 4.79 Å². The predicted octanol–water partition coefficient (Wildman–Crippen LogP) is 2.14. The van der Waals surface area contributed by atoms with Gasteiger partial charge >= 0.3 is 0 Å². The fourth-order valence-electron chi connectivity index (χ4n) is 4.46. The maximum atomic E-state index is 12.2. The molecule has 27 heavy (non-hydrogen) atoms. The molecule has 1 unspecified atom stereocenters. The number of benzene rings is 1. The molecule has 4 rings (SSSR count). The van der Waals surface area contributed by atoms with E-state index in [1.807, 2.05) is 7.05 Å². The van der Waals surface area contributed by atoms with Crippen LogP contribution in [0.3, 0.4) is 0 Å². The van der Waals surface area contributed by atoms with E-state index in [-0.39, 0.29) is 11.5 Å². The van der Waals surface area contributed by atoms with Gasteiger partial charge in [0, 0.05) is 52.2 Å². The second-order valence-corrected chi connectivity index (χ2v) is 7.94. The average Bonchev–Trinajstić information content (AvgIpc) is 3.21. The number of hydrogen-bond acceptors (Lipinski definition) is 4. The SMILES string of the molecule is Cc1cccc(CN2CC3(C2)OCCC3CCNC(=O)c2nccn2C)c1. The lowest BCUT2D eigenvalue weighted by molar-refractivity contribution is -0.136. The molecule has 2 fully saturated rings. The Kier molecular flexibility index (Phi) is 5.02. The minimum atomic E-state index is -0.106.